The molecule has 1 aliphatic rings. The number of ether oxygens (including phenoxy) is 1. The molecule has 2 atom stereocenters. The summed E-state index contributed by atoms with van der Waals surface area (Å²) in [5, 5.41) is 4.19. The standard InChI is InChI=1S/C19H28BrClN2O2/c1-13(22-14-8-9-17(21)16(20)12-14)11-15-7-5-6-10-23(15)18(24)25-19(2,3)4/h8-9,12-13,15,22H,5-7,10-11H2,1-4H3. The molecule has 1 N–H and O–H groups in total. The molecule has 1 saturated heterocycles. The van der Waals surface area contributed by atoms with E-state index in [2.05, 4.69) is 28.2 Å². The van der Waals surface area contributed by atoms with Gasteiger partial charge < -0.3 is 15.0 Å². The number of carbonyl (C=O) groups excluding carboxylic acids is 1. The third kappa shape index (κ3) is 6.37. The second-order valence-corrected chi connectivity index (χ2v) is 8.99. The average Bonchev–Trinajstić information content (AvgIpc) is 2.49. The van der Waals surface area contributed by atoms with Crippen molar-refractivity contribution in [1.29, 1.82) is 0 Å². The van der Waals surface area contributed by atoms with E-state index in [1.165, 1.54) is 0 Å². The van der Waals surface area contributed by atoms with E-state index in [1.807, 2.05) is 43.9 Å². The summed E-state index contributed by atoms with van der Waals surface area (Å²) in [5.74, 6) is 0. The fraction of sp³-hybridized carbons (Fsp3) is 0.632. The number of carbonyl (C=O) groups is 1. The van der Waals surface area contributed by atoms with Crippen LogP contribution in [0.15, 0.2) is 22.7 Å². The van der Waals surface area contributed by atoms with Crippen molar-refractivity contribution in [2.24, 2.45) is 0 Å². The van der Waals surface area contributed by atoms with E-state index in [9.17, 15) is 4.79 Å². The molecular weight excluding hydrogens is 404 g/mol. The van der Waals surface area contributed by atoms with Crippen molar-refractivity contribution in [3.05, 3.63) is 27.7 Å². The van der Waals surface area contributed by atoms with E-state index in [0.29, 0.717) is 5.02 Å². The molecular formula is C19H28BrClN2O2. The van der Waals surface area contributed by atoms with Crippen molar-refractivity contribution in [2.45, 2.75) is 71.1 Å². The summed E-state index contributed by atoms with van der Waals surface area (Å²) in [4.78, 5) is 14.4. The quantitative estimate of drug-likeness (QED) is 0.628. The normalized spacial score (nSPS) is 19.4. The van der Waals surface area contributed by atoms with Crippen LogP contribution in [0, 0.1) is 0 Å². The Morgan fingerprint density at radius 1 is 1.44 bits per heavy atom. The number of hydrogen-bond acceptors (Lipinski definition) is 3. The highest BCUT2D eigenvalue weighted by Gasteiger charge is 2.31. The molecule has 0 aromatic heterocycles. The van der Waals surface area contributed by atoms with E-state index in [0.717, 1.165) is 42.4 Å². The number of hydrogen-bond donors (Lipinski definition) is 1. The summed E-state index contributed by atoms with van der Waals surface area (Å²) >= 11 is 9.50. The van der Waals surface area contributed by atoms with Crippen LogP contribution in [0.2, 0.25) is 5.02 Å². The lowest BCUT2D eigenvalue weighted by Gasteiger charge is -2.38. The predicted molar refractivity (Wildman–Crippen MR) is 107 cm³/mol. The number of rotatable bonds is 4. The van der Waals surface area contributed by atoms with Crippen molar-refractivity contribution in [3.8, 4) is 0 Å². The molecule has 0 saturated carbocycles. The second kappa shape index (κ2) is 8.63. The summed E-state index contributed by atoms with van der Waals surface area (Å²) in [7, 11) is 0. The maximum Gasteiger partial charge on any atom is 0.410 e. The lowest BCUT2D eigenvalue weighted by molar-refractivity contribution is 0.00852. The SMILES string of the molecule is CC(CC1CCCCN1C(=O)OC(C)(C)C)Nc1ccc(Cl)c(Br)c1. The Balaban J connectivity index is 1.97. The van der Waals surface area contributed by atoms with Crippen LogP contribution in [0.1, 0.15) is 53.4 Å². The largest absolute Gasteiger partial charge is 0.444 e. The third-order valence-electron chi connectivity index (χ3n) is 4.21. The van der Waals surface area contributed by atoms with E-state index < -0.39 is 5.60 Å². The number of halogens is 2. The van der Waals surface area contributed by atoms with Gasteiger partial charge in [-0.05, 0) is 87.5 Å². The van der Waals surface area contributed by atoms with Crippen molar-refractivity contribution < 1.29 is 9.53 Å². The molecule has 0 spiro atoms. The zero-order chi connectivity index (χ0) is 18.6. The van der Waals surface area contributed by atoms with Crippen molar-refractivity contribution in [2.75, 3.05) is 11.9 Å². The van der Waals surface area contributed by atoms with Crippen LogP contribution in [0.4, 0.5) is 10.5 Å². The monoisotopic (exact) mass is 430 g/mol. The number of piperidine rings is 1. The predicted octanol–water partition coefficient (Wildman–Crippen LogP) is 6.08. The first-order chi connectivity index (χ1) is 11.7. The minimum Gasteiger partial charge on any atom is -0.444 e. The third-order valence-corrected chi connectivity index (χ3v) is 5.43. The molecule has 1 aromatic carbocycles. The summed E-state index contributed by atoms with van der Waals surface area (Å²) in [6.45, 7) is 8.65. The topological polar surface area (TPSA) is 41.6 Å². The van der Waals surface area contributed by atoms with Crippen LogP contribution < -0.4 is 5.32 Å². The lowest BCUT2D eigenvalue weighted by atomic mass is 9.96. The average molecular weight is 432 g/mol. The maximum atomic E-state index is 12.5. The van der Waals surface area contributed by atoms with E-state index in [-0.39, 0.29) is 18.2 Å². The fourth-order valence-corrected chi connectivity index (χ4v) is 3.64. The summed E-state index contributed by atoms with van der Waals surface area (Å²) in [6.07, 6.45) is 3.92. The first kappa shape index (κ1) is 20.4. The van der Waals surface area contributed by atoms with Gasteiger partial charge in [0.1, 0.15) is 5.60 Å². The van der Waals surface area contributed by atoms with Gasteiger partial charge in [-0.3, -0.25) is 0 Å². The van der Waals surface area contributed by atoms with Gasteiger partial charge in [0.2, 0.25) is 0 Å². The summed E-state index contributed by atoms with van der Waals surface area (Å²) in [6, 6.07) is 6.26. The number of amides is 1. The Morgan fingerprint density at radius 3 is 2.80 bits per heavy atom. The Bertz CT molecular complexity index is 604. The molecule has 1 aromatic rings. The zero-order valence-electron chi connectivity index (χ0n) is 15.4. The smallest absolute Gasteiger partial charge is 0.410 e. The van der Waals surface area contributed by atoms with Gasteiger partial charge in [0.25, 0.3) is 0 Å². The van der Waals surface area contributed by atoms with E-state index in [1.54, 1.807) is 0 Å². The van der Waals surface area contributed by atoms with Crippen molar-refractivity contribution in [3.63, 3.8) is 0 Å². The Morgan fingerprint density at radius 2 is 2.16 bits per heavy atom. The van der Waals surface area contributed by atoms with Gasteiger partial charge >= 0.3 is 6.09 Å². The van der Waals surface area contributed by atoms with Gasteiger partial charge in [-0.2, -0.15) is 0 Å². The molecule has 1 fully saturated rings. The van der Waals surface area contributed by atoms with Gasteiger partial charge in [0.15, 0.2) is 0 Å². The number of likely N-dealkylation sites (tertiary alicyclic amines) is 1. The molecule has 0 bridgehead atoms. The maximum absolute atomic E-state index is 12.5. The second-order valence-electron chi connectivity index (χ2n) is 7.73. The molecule has 1 amide bonds. The lowest BCUT2D eigenvalue weighted by Crippen LogP contribution is -2.47. The van der Waals surface area contributed by atoms with Gasteiger partial charge in [-0.1, -0.05) is 11.6 Å². The number of anilines is 1. The first-order valence-corrected chi connectivity index (χ1v) is 10.0. The molecule has 0 aliphatic carbocycles. The summed E-state index contributed by atoms with van der Waals surface area (Å²) < 4.78 is 6.46. The summed E-state index contributed by atoms with van der Waals surface area (Å²) in [5.41, 5.74) is 0.557. The van der Waals surface area contributed by atoms with Crippen LogP contribution in [0.25, 0.3) is 0 Å². The fourth-order valence-electron chi connectivity index (χ4n) is 3.14. The highest BCUT2D eigenvalue weighted by atomic mass is 79.9. The van der Waals surface area contributed by atoms with Crippen LogP contribution in [-0.2, 0) is 4.74 Å². The van der Waals surface area contributed by atoms with Crippen molar-refractivity contribution in [1.82, 2.24) is 4.90 Å². The molecule has 1 heterocycles. The van der Waals surface area contributed by atoms with Crippen LogP contribution in [-0.4, -0.2) is 35.2 Å². The van der Waals surface area contributed by atoms with Crippen LogP contribution >= 0.6 is 27.5 Å². The molecule has 6 heteroatoms. The molecule has 0 radical (unpaired) electrons. The van der Waals surface area contributed by atoms with E-state index >= 15 is 0 Å². The highest BCUT2D eigenvalue weighted by Crippen LogP contribution is 2.28. The minimum atomic E-state index is -0.460. The van der Waals surface area contributed by atoms with Crippen molar-refractivity contribution >= 4 is 39.3 Å². The first-order valence-electron chi connectivity index (χ1n) is 8.87. The Labute approximate surface area is 164 Å². The van der Waals surface area contributed by atoms with E-state index in [4.69, 9.17) is 16.3 Å². The molecule has 140 valence electrons. The number of benzene rings is 1. The van der Waals surface area contributed by atoms with Gasteiger partial charge in [-0.25, -0.2) is 4.79 Å². The molecule has 25 heavy (non-hydrogen) atoms. The molecule has 2 rings (SSSR count). The van der Waals surface area contributed by atoms with Crippen LogP contribution in [0.3, 0.4) is 0 Å². The molecule has 1 aliphatic heterocycles. The Hall–Kier alpha value is -0.940. The zero-order valence-corrected chi connectivity index (χ0v) is 17.8. The minimum absolute atomic E-state index is 0.196. The van der Waals surface area contributed by atoms with Gasteiger partial charge in [0, 0.05) is 28.8 Å². The van der Waals surface area contributed by atoms with Crippen LogP contribution in [0.5, 0.6) is 0 Å². The highest BCUT2D eigenvalue weighted by molar-refractivity contribution is 9.10. The number of nitrogens with zero attached hydrogens (tertiary/aromatic N) is 1. The molecule has 4 nitrogen and oxygen atoms in total. The molecule has 2 unspecified atom stereocenters. The Kier molecular flexibility index (Phi) is 7.03. The number of nitrogens with one attached hydrogen (secondary N) is 1. The van der Waals surface area contributed by atoms with Gasteiger partial charge in [-0.15, -0.1) is 0 Å². The van der Waals surface area contributed by atoms with Gasteiger partial charge in [0.05, 0.1) is 5.02 Å².